The summed E-state index contributed by atoms with van der Waals surface area (Å²) in [4.78, 5) is 34.3. The Morgan fingerprint density at radius 1 is 1.23 bits per heavy atom. The highest BCUT2D eigenvalue weighted by Gasteiger charge is 2.39. The van der Waals surface area contributed by atoms with Gasteiger partial charge in [0.25, 0.3) is 0 Å². The molecule has 0 unspecified atom stereocenters. The molecule has 1 saturated heterocycles. The van der Waals surface area contributed by atoms with Crippen LogP contribution in [0.2, 0.25) is 0 Å². The molecule has 0 aliphatic carbocycles. The maximum absolute atomic E-state index is 11.3. The van der Waals surface area contributed by atoms with Crippen molar-refractivity contribution in [3.05, 3.63) is 0 Å². The van der Waals surface area contributed by atoms with Crippen molar-refractivity contribution in [2.75, 3.05) is 0 Å². The number of amides is 3. The molecular weight excluding hydrogens is 170 g/mol. The summed E-state index contributed by atoms with van der Waals surface area (Å²) in [7, 11) is 0. The van der Waals surface area contributed by atoms with Crippen LogP contribution in [0, 0.1) is 5.41 Å². The average molecular weight is 183 g/mol. The highest BCUT2D eigenvalue weighted by Crippen LogP contribution is 2.31. The second kappa shape index (κ2) is 2.94. The third-order valence-electron chi connectivity index (χ3n) is 2.07. The second-order valence-electron chi connectivity index (χ2n) is 4.16. The molecule has 3 amide bonds. The molecule has 72 valence electrons. The van der Waals surface area contributed by atoms with Crippen LogP contribution in [-0.4, -0.2) is 22.6 Å². The van der Waals surface area contributed by atoms with Gasteiger partial charge in [-0.05, 0) is 5.41 Å². The minimum atomic E-state index is -0.481. The van der Waals surface area contributed by atoms with Crippen LogP contribution in [0.5, 0.6) is 0 Å². The first kappa shape index (κ1) is 9.89. The van der Waals surface area contributed by atoms with E-state index in [0.29, 0.717) is 0 Å². The molecule has 0 aromatic carbocycles. The van der Waals surface area contributed by atoms with E-state index >= 15 is 0 Å². The normalized spacial score (nSPS) is 21.9. The standard InChI is InChI=1S/C9H13NO3/c1-6(11)10-7(12)4-9(2,3)5-8(10)13/h4-5H2,1-3H3. The van der Waals surface area contributed by atoms with E-state index < -0.39 is 5.91 Å². The van der Waals surface area contributed by atoms with E-state index in [1.165, 1.54) is 6.92 Å². The Labute approximate surface area is 76.9 Å². The van der Waals surface area contributed by atoms with E-state index in [-0.39, 0.29) is 30.1 Å². The lowest BCUT2D eigenvalue weighted by atomic mass is 9.82. The number of imide groups is 3. The van der Waals surface area contributed by atoms with Crippen LogP contribution in [-0.2, 0) is 14.4 Å². The van der Waals surface area contributed by atoms with E-state index in [1.54, 1.807) is 0 Å². The van der Waals surface area contributed by atoms with Crippen LogP contribution < -0.4 is 0 Å². The minimum absolute atomic E-state index is 0.262. The van der Waals surface area contributed by atoms with Gasteiger partial charge in [-0.2, -0.15) is 0 Å². The number of rotatable bonds is 0. The lowest BCUT2D eigenvalue weighted by Gasteiger charge is -2.32. The van der Waals surface area contributed by atoms with Gasteiger partial charge in [0, 0.05) is 19.8 Å². The van der Waals surface area contributed by atoms with E-state index in [1.807, 2.05) is 13.8 Å². The fourth-order valence-corrected chi connectivity index (χ4v) is 1.53. The predicted molar refractivity (Wildman–Crippen MR) is 45.5 cm³/mol. The van der Waals surface area contributed by atoms with Crippen molar-refractivity contribution in [1.82, 2.24) is 4.90 Å². The molecule has 1 aliphatic heterocycles. The first-order chi connectivity index (χ1) is 5.83. The van der Waals surface area contributed by atoms with Gasteiger partial charge in [0.1, 0.15) is 0 Å². The quantitative estimate of drug-likeness (QED) is 0.520. The van der Waals surface area contributed by atoms with Crippen molar-refractivity contribution in [3.63, 3.8) is 0 Å². The van der Waals surface area contributed by atoms with Gasteiger partial charge in [0.05, 0.1) is 0 Å². The maximum atomic E-state index is 11.3. The monoisotopic (exact) mass is 183 g/mol. The Bertz CT molecular complexity index is 261. The molecule has 1 aliphatic rings. The summed E-state index contributed by atoms with van der Waals surface area (Å²) in [6, 6.07) is 0. The molecule has 4 heteroatoms. The minimum Gasteiger partial charge on any atom is -0.274 e. The number of carbonyl (C=O) groups is 3. The number of nitrogens with zero attached hydrogens (tertiary/aromatic N) is 1. The summed E-state index contributed by atoms with van der Waals surface area (Å²) in [6.45, 7) is 4.93. The Morgan fingerprint density at radius 3 is 1.92 bits per heavy atom. The van der Waals surface area contributed by atoms with E-state index in [0.717, 1.165) is 4.90 Å². The third-order valence-corrected chi connectivity index (χ3v) is 2.07. The summed E-state index contributed by atoms with van der Waals surface area (Å²) in [5.41, 5.74) is -0.305. The molecule has 0 bridgehead atoms. The third kappa shape index (κ3) is 1.94. The molecule has 1 fully saturated rings. The number of hydrogen-bond acceptors (Lipinski definition) is 3. The van der Waals surface area contributed by atoms with Crippen LogP contribution in [0.25, 0.3) is 0 Å². The first-order valence-electron chi connectivity index (χ1n) is 4.20. The molecular formula is C9H13NO3. The molecule has 0 N–H and O–H groups in total. The summed E-state index contributed by atoms with van der Waals surface area (Å²) in [5.74, 6) is -1.24. The fraction of sp³-hybridized carbons (Fsp3) is 0.667. The fourth-order valence-electron chi connectivity index (χ4n) is 1.53. The molecule has 0 spiro atoms. The Morgan fingerprint density at radius 2 is 1.62 bits per heavy atom. The van der Waals surface area contributed by atoms with Crippen molar-refractivity contribution in [2.45, 2.75) is 33.6 Å². The lowest BCUT2D eigenvalue weighted by molar-refractivity contribution is -0.158. The van der Waals surface area contributed by atoms with E-state index in [9.17, 15) is 14.4 Å². The van der Waals surface area contributed by atoms with Crippen molar-refractivity contribution < 1.29 is 14.4 Å². The molecule has 0 aromatic heterocycles. The van der Waals surface area contributed by atoms with Gasteiger partial charge in [-0.15, -0.1) is 0 Å². The van der Waals surface area contributed by atoms with E-state index in [4.69, 9.17) is 0 Å². The van der Waals surface area contributed by atoms with Gasteiger partial charge in [0.2, 0.25) is 17.7 Å². The smallest absolute Gasteiger partial charge is 0.236 e. The highest BCUT2D eigenvalue weighted by molar-refractivity contribution is 6.11. The topological polar surface area (TPSA) is 54.5 Å². The first-order valence-corrected chi connectivity index (χ1v) is 4.20. The maximum Gasteiger partial charge on any atom is 0.236 e. The summed E-state index contributed by atoms with van der Waals surface area (Å²) < 4.78 is 0. The molecule has 4 nitrogen and oxygen atoms in total. The van der Waals surface area contributed by atoms with Crippen LogP contribution >= 0.6 is 0 Å². The number of piperidine rings is 1. The molecule has 1 rings (SSSR count). The van der Waals surface area contributed by atoms with Crippen LogP contribution in [0.4, 0.5) is 0 Å². The largest absolute Gasteiger partial charge is 0.274 e. The van der Waals surface area contributed by atoms with Crippen LogP contribution in [0.15, 0.2) is 0 Å². The second-order valence-corrected chi connectivity index (χ2v) is 4.16. The highest BCUT2D eigenvalue weighted by atomic mass is 16.2. The zero-order valence-corrected chi connectivity index (χ0v) is 8.09. The van der Waals surface area contributed by atoms with Gasteiger partial charge in [-0.3, -0.25) is 14.4 Å². The van der Waals surface area contributed by atoms with Crippen LogP contribution in [0.1, 0.15) is 33.6 Å². The number of carbonyl (C=O) groups excluding carboxylic acids is 3. The zero-order chi connectivity index (χ0) is 10.2. The number of hydrogen-bond donors (Lipinski definition) is 0. The molecule has 1 heterocycles. The zero-order valence-electron chi connectivity index (χ0n) is 8.09. The lowest BCUT2D eigenvalue weighted by Crippen LogP contribution is -2.48. The van der Waals surface area contributed by atoms with Gasteiger partial charge >= 0.3 is 0 Å². The van der Waals surface area contributed by atoms with Crippen molar-refractivity contribution in [1.29, 1.82) is 0 Å². The number of likely N-dealkylation sites (tertiary alicyclic amines) is 1. The van der Waals surface area contributed by atoms with E-state index in [2.05, 4.69) is 0 Å². The molecule has 13 heavy (non-hydrogen) atoms. The van der Waals surface area contributed by atoms with Crippen molar-refractivity contribution in [3.8, 4) is 0 Å². The Kier molecular flexibility index (Phi) is 2.24. The van der Waals surface area contributed by atoms with Gasteiger partial charge in [-0.25, -0.2) is 4.90 Å². The van der Waals surface area contributed by atoms with Gasteiger partial charge in [0.15, 0.2) is 0 Å². The molecule has 0 saturated carbocycles. The van der Waals surface area contributed by atoms with Gasteiger partial charge in [-0.1, -0.05) is 13.8 Å². The Balaban J connectivity index is 2.89. The summed E-state index contributed by atoms with van der Waals surface area (Å²) in [5, 5.41) is 0. The summed E-state index contributed by atoms with van der Waals surface area (Å²) in [6.07, 6.45) is 0.524. The average Bonchev–Trinajstić information content (AvgIpc) is 1.78. The van der Waals surface area contributed by atoms with Crippen LogP contribution in [0.3, 0.4) is 0 Å². The SMILES string of the molecule is CC(=O)N1C(=O)CC(C)(C)CC1=O. The van der Waals surface area contributed by atoms with Crippen molar-refractivity contribution in [2.24, 2.45) is 5.41 Å². The molecule has 0 radical (unpaired) electrons. The molecule has 0 aromatic rings. The summed E-state index contributed by atoms with van der Waals surface area (Å²) >= 11 is 0. The van der Waals surface area contributed by atoms with Crippen molar-refractivity contribution >= 4 is 17.7 Å². The Hall–Kier alpha value is -1.19. The van der Waals surface area contributed by atoms with Gasteiger partial charge < -0.3 is 0 Å². The predicted octanol–water partition coefficient (Wildman–Crippen LogP) is 0.708. The molecule has 0 atom stereocenters.